The Hall–Kier alpha value is -0.990. The molecule has 116 valence electrons. The Morgan fingerprint density at radius 2 is 2.00 bits per heavy atom. The lowest BCUT2D eigenvalue weighted by Crippen LogP contribution is -2.45. The third-order valence-electron chi connectivity index (χ3n) is 4.25. The molecule has 0 saturated carbocycles. The molecule has 0 unspecified atom stereocenters. The van der Waals surface area contributed by atoms with Crippen LogP contribution < -0.4 is 10.2 Å². The SMILES string of the molecule is CCCCN1c2cc(Cl)c(CNC)cc2C(C)=CC1(C)C. The summed E-state index contributed by atoms with van der Waals surface area (Å²) in [5.41, 5.74) is 5.15. The molecular formula is C18H27ClN2. The topological polar surface area (TPSA) is 15.3 Å². The van der Waals surface area contributed by atoms with Crippen molar-refractivity contribution in [3.63, 3.8) is 0 Å². The number of halogens is 1. The highest BCUT2D eigenvalue weighted by Crippen LogP contribution is 2.41. The van der Waals surface area contributed by atoms with Gasteiger partial charge in [0.25, 0.3) is 0 Å². The van der Waals surface area contributed by atoms with Gasteiger partial charge in [-0.1, -0.05) is 31.0 Å². The molecule has 0 aliphatic carbocycles. The van der Waals surface area contributed by atoms with Crippen molar-refractivity contribution in [3.8, 4) is 0 Å². The molecule has 1 N–H and O–H groups in total. The zero-order chi connectivity index (χ0) is 15.6. The summed E-state index contributed by atoms with van der Waals surface area (Å²) >= 11 is 6.49. The molecule has 1 aromatic carbocycles. The predicted molar refractivity (Wildman–Crippen MR) is 94.2 cm³/mol. The van der Waals surface area contributed by atoms with Gasteiger partial charge in [-0.05, 0) is 57.5 Å². The summed E-state index contributed by atoms with van der Waals surface area (Å²) in [4.78, 5) is 2.49. The van der Waals surface area contributed by atoms with Gasteiger partial charge < -0.3 is 10.2 Å². The van der Waals surface area contributed by atoms with Crippen molar-refractivity contribution in [2.45, 2.75) is 52.6 Å². The van der Waals surface area contributed by atoms with Crippen LogP contribution in [0.2, 0.25) is 5.02 Å². The number of rotatable bonds is 5. The molecule has 1 aliphatic heterocycles. The lowest BCUT2D eigenvalue weighted by molar-refractivity contribution is 0.540. The quantitative estimate of drug-likeness (QED) is 0.835. The number of fused-ring (bicyclic) bond motifs is 1. The standard InChI is InChI=1S/C18H27ClN2/c1-6-7-8-21-17-10-16(19)14(12-20-5)9-15(17)13(2)11-18(21,3)4/h9-11,20H,6-8,12H2,1-5H3. The van der Waals surface area contributed by atoms with Crippen molar-refractivity contribution < 1.29 is 0 Å². The van der Waals surface area contributed by atoms with E-state index in [1.807, 2.05) is 7.05 Å². The molecule has 21 heavy (non-hydrogen) atoms. The van der Waals surface area contributed by atoms with Gasteiger partial charge in [-0.25, -0.2) is 0 Å². The van der Waals surface area contributed by atoms with Crippen molar-refractivity contribution in [3.05, 3.63) is 34.4 Å². The van der Waals surface area contributed by atoms with Crippen molar-refractivity contribution in [1.82, 2.24) is 5.32 Å². The molecule has 0 spiro atoms. The van der Waals surface area contributed by atoms with Crippen LogP contribution in [0.15, 0.2) is 18.2 Å². The molecule has 1 heterocycles. The van der Waals surface area contributed by atoms with Crippen LogP contribution >= 0.6 is 11.6 Å². The van der Waals surface area contributed by atoms with E-state index in [2.05, 4.69) is 56.1 Å². The summed E-state index contributed by atoms with van der Waals surface area (Å²) in [6, 6.07) is 4.39. The average molecular weight is 307 g/mol. The second-order valence-electron chi connectivity index (χ2n) is 6.48. The fourth-order valence-corrected chi connectivity index (χ4v) is 3.42. The molecule has 0 fully saturated rings. The van der Waals surface area contributed by atoms with E-state index >= 15 is 0 Å². The van der Waals surface area contributed by atoms with Gasteiger partial charge in [0.2, 0.25) is 0 Å². The zero-order valence-corrected chi connectivity index (χ0v) is 14.6. The highest BCUT2D eigenvalue weighted by molar-refractivity contribution is 6.31. The smallest absolute Gasteiger partial charge is 0.0534 e. The highest BCUT2D eigenvalue weighted by atomic mass is 35.5. The minimum Gasteiger partial charge on any atom is -0.362 e. The maximum atomic E-state index is 6.49. The van der Waals surface area contributed by atoms with Crippen molar-refractivity contribution in [2.24, 2.45) is 0 Å². The van der Waals surface area contributed by atoms with Crippen molar-refractivity contribution in [1.29, 1.82) is 0 Å². The van der Waals surface area contributed by atoms with Gasteiger partial charge in [0.15, 0.2) is 0 Å². The Morgan fingerprint density at radius 1 is 1.29 bits per heavy atom. The normalized spacial score (nSPS) is 16.7. The monoisotopic (exact) mass is 306 g/mol. The lowest BCUT2D eigenvalue weighted by Gasteiger charge is -2.43. The summed E-state index contributed by atoms with van der Waals surface area (Å²) in [7, 11) is 1.95. The fourth-order valence-electron chi connectivity index (χ4n) is 3.19. The molecule has 2 rings (SSSR count). The van der Waals surface area contributed by atoms with Crippen LogP contribution in [-0.2, 0) is 6.54 Å². The van der Waals surface area contributed by atoms with Crippen LogP contribution in [0.1, 0.15) is 51.7 Å². The third kappa shape index (κ3) is 3.27. The van der Waals surface area contributed by atoms with Gasteiger partial charge in [0, 0.05) is 29.4 Å². The van der Waals surface area contributed by atoms with Crippen LogP contribution in [0.25, 0.3) is 5.57 Å². The molecule has 0 radical (unpaired) electrons. The van der Waals surface area contributed by atoms with Crippen molar-refractivity contribution in [2.75, 3.05) is 18.5 Å². The largest absolute Gasteiger partial charge is 0.362 e. The first-order chi connectivity index (χ1) is 9.90. The number of anilines is 1. The summed E-state index contributed by atoms with van der Waals surface area (Å²) in [5, 5.41) is 4.05. The van der Waals surface area contributed by atoms with Gasteiger partial charge in [-0.2, -0.15) is 0 Å². The van der Waals surface area contributed by atoms with Crippen LogP contribution in [0.5, 0.6) is 0 Å². The number of unbranched alkanes of at least 4 members (excludes halogenated alkanes) is 1. The summed E-state index contributed by atoms with van der Waals surface area (Å²) in [6.07, 6.45) is 4.78. The molecule has 2 nitrogen and oxygen atoms in total. The van der Waals surface area contributed by atoms with E-state index in [0.717, 1.165) is 18.1 Å². The Balaban J connectivity index is 2.51. The maximum absolute atomic E-state index is 6.49. The van der Waals surface area contributed by atoms with Gasteiger partial charge >= 0.3 is 0 Å². The van der Waals surface area contributed by atoms with Crippen molar-refractivity contribution >= 4 is 22.9 Å². The number of nitrogens with one attached hydrogen (secondary N) is 1. The van der Waals surface area contributed by atoms with Gasteiger partial charge in [0.05, 0.1) is 5.54 Å². The molecule has 3 heteroatoms. The van der Waals surface area contributed by atoms with Gasteiger partial charge in [0.1, 0.15) is 0 Å². The van der Waals surface area contributed by atoms with E-state index in [1.54, 1.807) is 0 Å². The number of benzene rings is 1. The van der Waals surface area contributed by atoms with Gasteiger partial charge in [-0.3, -0.25) is 0 Å². The minimum atomic E-state index is 0.0418. The summed E-state index contributed by atoms with van der Waals surface area (Å²) < 4.78 is 0. The Kier molecular flexibility index (Phi) is 5.00. The molecule has 0 amide bonds. The number of hydrogen-bond donors (Lipinski definition) is 1. The zero-order valence-electron chi connectivity index (χ0n) is 13.9. The Labute approximate surface area is 134 Å². The second-order valence-corrected chi connectivity index (χ2v) is 6.88. The van der Waals surface area contributed by atoms with Crippen LogP contribution in [0.4, 0.5) is 5.69 Å². The van der Waals surface area contributed by atoms with E-state index in [9.17, 15) is 0 Å². The maximum Gasteiger partial charge on any atom is 0.0534 e. The van der Waals surface area contributed by atoms with Gasteiger partial charge in [-0.15, -0.1) is 0 Å². The third-order valence-corrected chi connectivity index (χ3v) is 4.60. The molecular weight excluding hydrogens is 280 g/mol. The summed E-state index contributed by atoms with van der Waals surface area (Å²) in [6.45, 7) is 10.9. The first kappa shape index (κ1) is 16.4. The molecule has 0 aromatic heterocycles. The number of hydrogen-bond acceptors (Lipinski definition) is 2. The minimum absolute atomic E-state index is 0.0418. The lowest BCUT2D eigenvalue weighted by atomic mass is 9.87. The second kappa shape index (κ2) is 6.41. The molecule has 1 aromatic rings. The van der Waals surface area contributed by atoms with E-state index in [4.69, 9.17) is 11.6 Å². The van der Waals surface area contributed by atoms with Crippen LogP contribution in [0, 0.1) is 0 Å². The number of allylic oxidation sites excluding steroid dienone is 1. The van der Waals surface area contributed by atoms with E-state index in [0.29, 0.717) is 0 Å². The summed E-state index contributed by atoms with van der Waals surface area (Å²) in [5.74, 6) is 0. The highest BCUT2D eigenvalue weighted by Gasteiger charge is 2.31. The Bertz CT molecular complexity index is 546. The Morgan fingerprint density at radius 3 is 2.62 bits per heavy atom. The average Bonchev–Trinajstić information content (AvgIpc) is 2.40. The molecule has 0 atom stereocenters. The van der Waals surface area contributed by atoms with E-state index in [1.165, 1.54) is 35.2 Å². The number of nitrogens with zero attached hydrogens (tertiary/aromatic N) is 1. The molecule has 0 saturated heterocycles. The van der Waals surface area contributed by atoms with E-state index in [-0.39, 0.29) is 5.54 Å². The van der Waals surface area contributed by atoms with Crippen LogP contribution in [0.3, 0.4) is 0 Å². The first-order valence-corrected chi connectivity index (χ1v) is 8.23. The fraction of sp³-hybridized carbons (Fsp3) is 0.556. The molecule has 0 bridgehead atoms. The first-order valence-electron chi connectivity index (χ1n) is 7.85. The van der Waals surface area contributed by atoms with Crippen LogP contribution in [-0.4, -0.2) is 19.1 Å². The molecule has 1 aliphatic rings. The van der Waals surface area contributed by atoms with E-state index < -0.39 is 0 Å². The predicted octanol–water partition coefficient (Wildman–Crippen LogP) is 4.86.